The second-order valence-electron chi connectivity index (χ2n) is 5.47. The van der Waals surface area contributed by atoms with Crippen molar-refractivity contribution in [3.63, 3.8) is 0 Å². The first kappa shape index (κ1) is 18.8. The fourth-order valence-corrected chi connectivity index (χ4v) is 2.13. The molecule has 0 aromatic heterocycles. The molecule has 0 aliphatic carbocycles. The van der Waals surface area contributed by atoms with E-state index in [1.165, 1.54) is 0 Å². The predicted octanol–water partition coefficient (Wildman–Crippen LogP) is 1.42. The molecule has 1 aliphatic rings. The maximum absolute atomic E-state index is 11.7. The summed E-state index contributed by atoms with van der Waals surface area (Å²) in [5.41, 5.74) is 5.21. The maximum Gasteiger partial charge on any atom is 0.239 e. The smallest absolute Gasteiger partial charge is 0.239 e. The van der Waals surface area contributed by atoms with E-state index in [-0.39, 0.29) is 24.9 Å². The Kier molecular flexibility index (Phi) is 6.31. The van der Waals surface area contributed by atoms with Crippen LogP contribution in [0.4, 0.5) is 0 Å². The Morgan fingerprint density at radius 2 is 2.09 bits per heavy atom. The van der Waals surface area contributed by atoms with Crippen molar-refractivity contribution in [2.75, 3.05) is 19.8 Å². The number of halogens is 2. The van der Waals surface area contributed by atoms with Crippen molar-refractivity contribution >= 4 is 29.9 Å². The Morgan fingerprint density at radius 3 is 2.73 bits per heavy atom. The lowest BCUT2D eigenvalue weighted by Gasteiger charge is -2.22. The minimum absolute atomic E-state index is 0. The van der Waals surface area contributed by atoms with Crippen molar-refractivity contribution in [2.24, 2.45) is 5.73 Å². The van der Waals surface area contributed by atoms with Gasteiger partial charge in [0, 0.05) is 6.54 Å². The van der Waals surface area contributed by atoms with Crippen molar-refractivity contribution in [3.05, 3.63) is 22.7 Å². The van der Waals surface area contributed by atoms with Crippen LogP contribution in [0.15, 0.2) is 12.1 Å². The van der Waals surface area contributed by atoms with E-state index in [1.807, 2.05) is 0 Å². The number of amides is 1. The van der Waals surface area contributed by atoms with E-state index in [4.69, 9.17) is 26.8 Å². The van der Waals surface area contributed by atoms with Gasteiger partial charge in [-0.05, 0) is 31.5 Å². The summed E-state index contributed by atoms with van der Waals surface area (Å²) >= 11 is 6.10. The SMILES string of the molecule is CC(C)(N)C(=O)NCC(O)c1cc(Cl)c2c(c1)OCCO2.Cl. The minimum atomic E-state index is -0.996. The van der Waals surface area contributed by atoms with Gasteiger partial charge in [-0.15, -0.1) is 12.4 Å². The molecule has 0 fully saturated rings. The van der Waals surface area contributed by atoms with Crippen molar-refractivity contribution in [1.29, 1.82) is 0 Å². The molecule has 8 heteroatoms. The molecule has 0 spiro atoms. The summed E-state index contributed by atoms with van der Waals surface area (Å²) in [7, 11) is 0. The predicted molar refractivity (Wildman–Crippen MR) is 85.9 cm³/mol. The molecule has 1 unspecified atom stereocenters. The Hall–Kier alpha value is -1.21. The van der Waals surface area contributed by atoms with Crippen LogP contribution in [0.1, 0.15) is 25.5 Å². The number of aliphatic hydroxyl groups excluding tert-OH is 1. The number of ether oxygens (including phenoxy) is 2. The summed E-state index contributed by atoms with van der Waals surface area (Å²) in [5, 5.41) is 13.1. The number of hydrogen-bond donors (Lipinski definition) is 3. The topological polar surface area (TPSA) is 93.8 Å². The van der Waals surface area contributed by atoms with Gasteiger partial charge < -0.3 is 25.6 Å². The highest BCUT2D eigenvalue weighted by atomic mass is 35.5. The third-order valence-electron chi connectivity index (χ3n) is 3.05. The number of fused-ring (bicyclic) bond motifs is 1. The second-order valence-corrected chi connectivity index (χ2v) is 5.88. The number of carbonyl (C=O) groups is 1. The molecule has 1 amide bonds. The highest BCUT2D eigenvalue weighted by Crippen LogP contribution is 2.39. The largest absolute Gasteiger partial charge is 0.486 e. The molecule has 0 saturated carbocycles. The molecule has 0 radical (unpaired) electrons. The molecular formula is C14H20Cl2N2O4. The quantitative estimate of drug-likeness (QED) is 0.763. The maximum atomic E-state index is 11.7. The van der Waals surface area contributed by atoms with Crippen LogP contribution in [0.3, 0.4) is 0 Å². The van der Waals surface area contributed by atoms with Gasteiger partial charge in [-0.3, -0.25) is 4.79 Å². The fourth-order valence-electron chi connectivity index (χ4n) is 1.86. The summed E-state index contributed by atoms with van der Waals surface area (Å²) in [5.74, 6) is 0.629. The highest BCUT2D eigenvalue weighted by molar-refractivity contribution is 6.32. The molecule has 124 valence electrons. The van der Waals surface area contributed by atoms with Crippen molar-refractivity contribution < 1.29 is 19.4 Å². The average molecular weight is 351 g/mol. The van der Waals surface area contributed by atoms with E-state index in [1.54, 1.807) is 26.0 Å². The lowest BCUT2D eigenvalue weighted by atomic mass is 10.1. The lowest BCUT2D eigenvalue weighted by molar-refractivity contribution is -0.125. The molecule has 4 N–H and O–H groups in total. The van der Waals surface area contributed by atoms with Crippen molar-refractivity contribution in [3.8, 4) is 11.5 Å². The number of aliphatic hydroxyl groups is 1. The fraction of sp³-hybridized carbons (Fsp3) is 0.500. The normalized spacial score (nSPS) is 14.8. The molecule has 0 bridgehead atoms. The van der Waals surface area contributed by atoms with Crippen LogP contribution in [0.2, 0.25) is 5.02 Å². The lowest BCUT2D eigenvalue weighted by Crippen LogP contribution is -2.49. The zero-order valence-corrected chi connectivity index (χ0v) is 14.0. The van der Waals surface area contributed by atoms with Gasteiger partial charge in [0.25, 0.3) is 0 Å². The van der Waals surface area contributed by atoms with Crippen LogP contribution in [0.25, 0.3) is 0 Å². The van der Waals surface area contributed by atoms with Gasteiger partial charge in [0.1, 0.15) is 13.2 Å². The van der Waals surface area contributed by atoms with Crippen molar-refractivity contribution in [2.45, 2.75) is 25.5 Å². The number of nitrogens with two attached hydrogens (primary N) is 1. The minimum Gasteiger partial charge on any atom is -0.486 e. The number of hydrogen-bond acceptors (Lipinski definition) is 5. The Bertz CT molecular complexity index is 546. The molecule has 0 saturated heterocycles. The third kappa shape index (κ3) is 4.39. The monoisotopic (exact) mass is 350 g/mol. The third-order valence-corrected chi connectivity index (χ3v) is 3.33. The summed E-state index contributed by atoms with van der Waals surface area (Å²) in [6, 6.07) is 3.25. The first-order valence-electron chi connectivity index (χ1n) is 6.63. The summed E-state index contributed by atoms with van der Waals surface area (Å²) in [6.45, 7) is 4.10. The van der Waals surface area contributed by atoms with E-state index in [0.29, 0.717) is 35.3 Å². The average Bonchev–Trinajstić information content (AvgIpc) is 2.43. The zero-order chi connectivity index (χ0) is 15.6. The van der Waals surface area contributed by atoms with Gasteiger partial charge in [0.05, 0.1) is 16.7 Å². The number of rotatable bonds is 4. The van der Waals surface area contributed by atoms with Crippen LogP contribution in [0, 0.1) is 0 Å². The van der Waals surface area contributed by atoms with Crippen LogP contribution in [-0.2, 0) is 4.79 Å². The first-order chi connectivity index (χ1) is 9.79. The number of carbonyl (C=O) groups excluding carboxylic acids is 1. The zero-order valence-electron chi connectivity index (χ0n) is 12.4. The van der Waals surface area contributed by atoms with E-state index in [0.717, 1.165) is 0 Å². The van der Waals surface area contributed by atoms with Gasteiger partial charge >= 0.3 is 0 Å². The van der Waals surface area contributed by atoms with E-state index in [9.17, 15) is 9.90 Å². The van der Waals surface area contributed by atoms with Crippen LogP contribution < -0.4 is 20.5 Å². The Labute approximate surface area is 140 Å². The van der Waals surface area contributed by atoms with Gasteiger partial charge in [-0.1, -0.05) is 11.6 Å². The summed E-state index contributed by atoms with van der Waals surface area (Å²) in [6.07, 6.45) is -0.912. The second kappa shape index (κ2) is 7.37. The highest BCUT2D eigenvalue weighted by Gasteiger charge is 2.23. The molecular weight excluding hydrogens is 331 g/mol. The van der Waals surface area contributed by atoms with Gasteiger partial charge in [-0.2, -0.15) is 0 Å². The molecule has 1 atom stereocenters. The van der Waals surface area contributed by atoms with Crippen molar-refractivity contribution in [1.82, 2.24) is 5.32 Å². The standard InChI is InChI=1S/C14H19ClN2O4.ClH/c1-14(2,16)13(19)17-7-10(18)8-5-9(15)12-11(6-8)20-3-4-21-12;/h5-6,10,18H,3-4,7,16H2,1-2H3,(H,17,19);1H. The molecule has 22 heavy (non-hydrogen) atoms. The molecule has 1 heterocycles. The van der Waals surface area contributed by atoms with Gasteiger partial charge in [-0.25, -0.2) is 0 Å². The van der Waals surface area contributed by atoms with E-state index in [2.05, 4.69) is 5.32 Å². The van der Waals surface area contributed by atoms with Gasteiger partial charge in [0.2, 0.25) is 5.91 Å². The van der Waals surface area contributed by atoms with Crippen LogP contribution >= 0.6 is 24.0 Å². The van der Waals surface area contributed by atoms with Crippen LogP contribution in [-0.4, -0.2) is 36.3 Å². The number of benzene rings is 1. The Morgan fingerprint density at radius 1 is 1.45 bits per heavy atom. The molecule has 2 rings (SSSR count). The molecule has 6 nitrogen and oxygen atoms in total. The van der Waals surface area contributed by atoms with Gasteiger partial charge in [0.15, 0.2) is 11.5 Å². The molecule has 1 aromatic rings. The van der Waals surface area contributed by atoms with Crippen LogP contribution in [0.5, 0.6) is 11.5 Å². The van der Waals surface area contributed by atoms with E-state index >= 15 is 0 Å². The molecule has 1 aliphatic heterocycles. The Balaban J connectivity index is 0.00000242. The van der Waals surface area contributed by atoms with E-state index < -0.39 is 11.6 Å². The first-order valence-corrected chi connectivity index (χ1v) is 7.01. The number of nitrogens with one attached hydrogen (secondary N) is 1. The molecule has 1 aromatic carbocycles. The summed E-state index contributed by atoms with van der Waals surface area (Å²) in [4.78, 5) is 11.7. The summed E-state index contributed by atoms with van der Waals surface area (Å²) < 4.78 is 10.9.